The van der Waals surface area contributed by atoms with E-state index in [4.69, 9.17) is 43.1 Å². The second kappa shape index (κ2) is 9.03. The highest BCUT2D eigenvalue weighted by molar-refractivity contribution is 6.35. The molecule has 1 aliphatic rings. The summed E-state index contributed by atoms with van der Waals surface area (Å²) in [5.74, 6) is 0.990. The zero-order valence-corrected chi connectivity index (χ0v) is 18.9. The molecular formula is C23H20Cl2N4O3. The number of halogens is 2. The number of nitrogens with one attached hydrogen (secondary N) is 1. The largest absolute Gasteiger partial charge is 0.490 e. The van der Waals surface area contributed by atoms with Gasteiger partial charge in [0.15, 0.2) is 11.5 Å². The molecule has 3 aromatic rings. The molecule has 164 valence electrons. The Bertz CT molecular complexity index is 1230. The Balaban J connectivity index is 1.72. The molecule has 9 heteroatoms. The van der Waals surface area contributed by atoms with Crippen LogP contribution in [0.15, 0.2) is 47.9 Å². The van der Waals surface area contributed by atoms with E-state index < -0.39 is 5.92 Å². The van der Waals surface area contributed by atoms with Crippen molar-refractivity contribution in [3.05, 3.63) is 80.3 Å². The molecule has 1 atom stereocenters. The van der Waals surface area contributed by atoms with Gasteiger partial charge in [0, 0.05) is 26.9 Å². The fourth-order valence-corrected chi connectivity index (χ4v) is 4.15. The maximum atomic E-state index is 9.76. The number of aromatic amines is 1. The van der Waals surface area contributed by atoms with Crippen molar-refractivity contribution in [2.24, 2.45) is 5.73 Å². The van der Waals surface area contributed by atoms with Gasteiger partial charge in [0.2, 0.25) is 11.8 Å². The van der Waals surface area contributed by atoms with E-state index in [0.29, 0.717) is 45.2 Å². The number of ether oxygens (including phenoxy) is 3. The summed E-state index contributed by atoms with van der Waals surface area (Å²) in [5, 5.41) is 17.9. The molecule has 4 rings (SSSR count). The Kier molecular flexibility index (Phi) is 6.17. The minimum atomic E-state index is -0.450. The first-order valence-corrected chi connectivity index (χ1v) is 10.6. The molecule has 0 saturated carbocycles. The van der Waals surface area contributed by atoms with Crippen LogP contribution >= 0.6 is 23.2 Å². The van der Waals surface area contributed by atoms with E-state index in [1.807, 2.05) is 26.0 Å². The van der Waals surface area contributed by atoms with Crippen LogP contribution in [0.1, 0.15) is 35.2 Å². The van der Waals surface area contributed by atoms with Gasteiger partial charge in [-0.15, -0.1) is 5.10 Å². The van der Waals surface area contributed by atoms with Gasteiger partial charge < -0.3 is 19.9 Å². The van der Waals surface area contributed by atoms with Crippen molar-refractivity contribution in [3.63, 3.8) is 0 Å². The van der Waals surface area contributed by atoms with Gasteiger partial charge in [0.05, 0.1) is 12.5 Å². The molecule has 1 unspecified atom stereocenters. The van der Waals surface area contributed by atoms with Gasteiger partial charge in [-0.3, -0.25) is 5.10 Å². The summed E-state index contributed by atoms with van der Waals surface area (Å²) in [6.45, 7) is 4.36. The number of aromatic nitrogens is 2. The van der Waals surface area contributed by atoms with E-state index in [0.717, 1.165) is 16.8 Å². The van der Waals surface area contributed by atoms with Gasteiger partial charge in [-0.05, 0) is 43.7 Å². The van der Waals surface area contributed by atoms with Crippen LogP contribution in [0.25, 0.3) is 0 Å². The molecule has 2 heterocycles. The highest BCUT2D eigenvalue weighted by atomic mass is 35.5. The number of H-pyrrole nitrogens is 1. The molecule has 3 N–H and O–H groups in total. The summed E-state index contributed by atoms with van der Waals surface area (Å²) >= 11 is 12.5. The van der Waals surface area contributed by atoms with E-state index in [1.165, 1.54) is 0 Å². The van der Waals surface area contributed by atoms with Crippen molar-refractivity contribution in [2.75, 3.05) is 6.61 Å². The number of aryl methyl sites for hydroxylation is 1. The summed E-state index contributed by atoms with van der Waals surface area (Å²) in [5.41, 5.74) is 9.35. The predicted molar refractivity (Wildman–Crippen MR) is 121 cm³/mol. The molecule has 7 nitrogen and oxygen atoms in total. The number of hydrogen-bond donors (Lipinski definition) is 2. The van der Waals surface area contributed by atoms with Crippen LogP contribution in [0.2, 0.25) is 10.0 Å². The summed E-state index contributed by atoms with van der Waals surface area (Å²) < 4.78 is 17.4. The van der Waals surface area contributed by atoms with Gasteiger partial charge >= 0.3 is 0 Å². The first kappa shape index (κ1) is 21.9. The van der Waals surface area contributed by atoms with E-state index in [2.05, 4.69) is 16.3 Å². The number of nitrogens with two attached hydrogens (primary N) is 1. The molecule has 1 aliphatic heterocycles. The van der Waals surface area contributed by atoms with Gasteiger partial charge in [0.1, 0.15) is 18.2 Å². The standard InChI is InChI=1S/C23H20Cl2N4O3/c1-3-30-19-9-13(7-8-18(19)31-11-15-16(24)5-4-6-17(15)25)21-14(10-26)22(27)32-23-20(21)12(2)28-29-23/h4-9,21H,3,11,27H2,1-2H3,(H,28,29). The number of nitriles is 1. The maximum Gasteiger partial charge on any atom is 0.244 e. The van der Waals surface area contributed by atoms with Crippen molar-refractivity contribution < 1.29 is 14.2 Å². The smallest absolute Gasteiger partial charge is 0.244 e. The van der Waals surface area contributed by atoms with Crippen LogP contribution in [0.4, 0.5) is 0 Å². The second-order valence-corrected chi connectivity index (χ2v) is 7.93. The van der Waals surface area contributed by atoms with Crippen molar-refractivity contribution in [2.45, 2.75) is 26.4 Å². The van der Waals surface area contributed by atoms with E-state index in [1.54, 1.807) is 24.3 Å². The highest BCUT2D eigenvalue weighted by Crippen LogP contribution is 2.44. The van der Waals surface area contributed by atoms with Crippen molar-refractivity contribution >= 4 is 23.2 Å². The van der Waals surface area contributed by atoms with E-state index in [9.17, 15) is 5.26 Å². The minimum Gasteiger partial charge on any atom is -0.490 e. The molecule has 0 aliphatic carbocycles. The average molecular weight is 471 g/mol. The number of rotatable bonds is 6. The third kappa shape index (κ3) is 3.95. The van der Waals surface area contributed by atoms with Crippen LogP contribution in [-0.2, 0) is 6.61 Å². The first-order chi connectivity index (χ1) is 15.4. The Morgan fingerprint density at radius 3 is 2.62 bits per heavy atom. The zero-order chi connectivity index (χ0) is 22.8. The summed E-state index contributed by atoms with van der Waals surface area (Å²) in [6.07, 6.45) is 0. The molecule has 0 spiro atoms. The molecule has 0 radical (unpaired) electrons. The van der Waals surface area contributed by atoms with Gasteiger partial charge in [-0.2, -0.15) is 5.26 Å². The lowest BCUT2D eigenvalue weighted by Crippen LogP contribution is -2.21. The van der Waals surface area contributed by atoms with Crippen molar-refractivity contribution in [3.8, 4) is 23.4 Å². The lowest BCUT2D eigenvalue weighted by Gasteiger charge is -2.24. The Morgan fingerprint density at radius 2 is 1.94 bits per heavy atom. The third-order valence-corrected chi connectivity index (χ3v) is 5.87. The Morgan fingerprint density at radius 1 is 1.19 bits per heavy atom. The van der Waals surface area contributed by atoms with Gasteiger partial charge in [-0.25, -0.2) is 0 Å². The number of hydrogen-bond acceptors (Lipinski definition) is 6. The van der Waals surface area contributed by atoms with Gasteiger partial charge in [0.25, 0.3) is 0 Å². The SMILES string of the molecule is CCOc1cc(C2C(C#N)=C(N)Oc3n[nH]c(C)c32)ccc1OCc1c(Cl)cccc1Cl. The van der Waals surface area contributed by atoms with Crippen LogP contribution in [0.5, 0.6) is 17.4 Å². The molecule has 1 aromatic heterocycles. The molecule has 0 amide bonds. The monoisotopic (exact) mass is 470 g/mol. The molecule has 0 saturated heterocycles. The van der Waals surface area contributed by atoms with Gasteiger partial charge in [-0.1, -0.05) is 35.3 Å². The van der Waals surface area contributed by atoms with Crippen LogP contribution < -0.4 is 19.9 Å². The fraction of sp³-hybridized carbons (Fsp3) is 0.217. The zero-order valence-electron chi connectivity index (χ0n) is 17.4. The van der Waals surface area contributed by atoms with Crippen molar-refractivity contribution in [1.82, 2.24) is 10.2 Å². The maximum absolute atomic E-state index is 9.76. The predicted octanol–water partition coefficient (Wildman–Crippen LogP) is 5.22. The molecule has 0 fully saturated rings. The van der Waals surface area contributed by atoms with Crippen LogP contribution in [-0.4, -0.2) is 16.8 Å². The molecule has 2 aromatic carbocycles. The number of allylic oxidation sites excluding steroid dienone is 1. The summed E-state index contributed by atoms with van der Waals surface area (Å²) in [6, 6.07) is 13.0. The summed E-state index contributed by atoms with van der Waals surface area (Å²) in [4.78, 5) is 0. The topological polar surface area (TPSA) is 106 Å². The Labute approximate surface area is 195 Å². The number of fused-ring (bicyclic) bond motifs is 1. The summed E-state index contributed by atoms with van der Waals surface area (Å²) in [7, 11) is 0. The molecule has 32 heavy (non-hydrogen) atoms. The second-order valence-electron chi connectivity index (χ2n) is 7.12. The minimum absolute atomic E-state index is 0.0307. The van der Waals surface area contributed by atoms with E-state index >= 15 is 0 Å². The fourth-order valence-electron chi connectivity index (χ4n) is 3.64. The van der Waals surface area contributed by atoms with E-state index in [-0.39, 0.29) is 12.5 Å². The average Bonchev–Trinajstić information content (AvgIpc) is 3.13. The highest BCUT2D eigenvalue weighted by Gasteiger charge is 2.34. The molecular weight excluding hydrogens is 451 g/mol. The quantitative estimate of drug-likeness (QED) is 0.511. The Hall–Kier alpha value is -3.34. The lowest BCUT2D eigenvalue weighted by atomic mass is 9.84. The number of nitrogens with zero attached hydrogens (tertiary/aromatic N) is 2. The third-order valence-electron chi connectivity index (χ3n) is 5.16. The van der Waals surface area contributed by atoms with Crippen LogP contribution in [0, 0.1) is 18.3 Å². The normalized spacial score (nSPS) is 15.0. The van der Waals surface area contributed by atoms with Crippen molar-refractivity contribution in [1.29, 1.82) is 5.26 Å². The first-order valence-electron chi connectivity index (χ1n) is 9.89. The van der Waals surface area contributed by atoms with Crippen LogP contribution in [0.3, 0.4) is 0 Å². The molecule has 0 bridgehead atoms. The number of benzene rings is 2. The lowest BCUT2D eigenvalue weighted by molar-refractivity contribution is 0.269.